The van der Waals surface area contributed by atoms with Crippen LogP contribution >= 0.6 is 0 Å². The van der Waals surface area contributed by atoms with Gasteiger partial charge in [0, 0.05) is 28.6 Å². The van der Waals surface area contributed by atoms with Crippen molar-refractivity contribution in [1.82, 2.24) is 5.32 Å². The first-order chi connectivity index (χ1) is 21.0. The second-order valence-corrected chi connectivity index (χ2v) is 9.93. The van der Waals surface area contributed by atoms with Gasteiger partial charge in [-0.15, -0.1) is 0 Å². The maximum absolute atomic E-state index is 12.7. The first-order valence-electron chi connectivity index (χ1n) is 14.0. The zero-order valence-electron chi connectivity index (χ0n) is 23.8. The second-order valence-electron chi connectivity index (χ2n) is 9.93. The third-order valence-corrected chi connectivity index (χ3v) is 6.88. The Morgan fingerprint density at radius 1 is 0.953 bits per heavy atom. The minimum atomic E-state index is -0.308. The standard InChI is InChI=1S/C35H31N3O5/c1-2-41-33(39)18-27-9-3-4-12-32(27)42-22-25-15-29-17-30(21-38-35(40)28-11-6-8-24(14-28)20-37)43-34(29)31(16-25)26-10-5-7-23(13-26)19-36/h3-17H,2,18-19,21-22,36H2,1H3,(H,38,40). The van der Waals surface area contributed by atoms with Gasteiger partial charge in [0.15, 0.2) is 0 Å². The summed E-state index contributed by atoms with van der Waals surface area (Å²) in [7, 11) is 0. The van der Waals surface area contributed by atoms with E-state index in [1.165, 1.54) is 0 Å². The summed E-state index contributed by atoms with van der Waals surface area (Å²) in [6, 6.07) is 29.9. The molecule has 0 atom stereocenters. The van der Waals surface area contributed by atoms with Gasteiger partial charge in [-0.25, -0.2) is 0 Å². The van der Waals surface area contributed by atoms with Gasteiger partial charge < -0.3 is 24.9 Å². The molecular formula is C35H31N3O5. The molecule has 0 saturated heterocycles. The fourth-order valence-corrected chi connectivity index (χ4v) is 4.84. The summed E-state index contributed by atoms with van der Waals surface area (Å²) < 4.78 is 17.6. The van der Waals surface area contributed by atoms with Gasteiger partial charge in [0.05, 0.1) is 31.2 Å². The summed E-state index contributed by atoms with van der Waals surface area (Å²) in [4.78, 5) is 24.9. The number of amides is 1. The zero-order valence-corrected chi connectivity index (χ0v) is 23.8. The lowest BCUT2D eigenvalue weighted by molar-refractivity contribution is -0.142. The molecule has 0 bridgehead atoms. The van der Waals surface area contributed by atoms with Gasteiger partial charge in [0.1, 0.15) is 23.7 Å². The zero-order chi connectivity index (χ0) is 30.2. The van der Waals surface area contributed by atoms with E-state index in [1.807, 2.05) is 72.8 Å². The Morgan fingerprint density at radius 2 is 1.79 bits per heavy atom. The summed E-state index contributed by atoms with van der Waals surface area (Å²) in [6.07, 6.45) is 0.123. The summed E-state index contributed by atoms with van der Waals surface area (Å²) in [6.45, 7) is 2.92. The van der Waals surface area contributed by atoms with Crippen molar-refractivity contribution in [2.45, 2.75) is 33.0 Å². The first-order valence-corrected chi connectivity index (χ1v) is 14.0. The number of carbonyl (C=O) groups is 2. The molecule has 0 aliphatic heterocycles. The normalized spacial score (nSPS) is 10.7. The van der Waals surface area contributed by atoms with Gasteiger partial charge >= 0.3 is 5.97 Å². The van der Waals surface area contributed by atoms with Crippen molar-refractivity contribution in [2.24, 2.45) is 5.73 Å². The van der Waals surface area contributed by atoms with Crippen molar-refractivity contribution in [2.75, 3.05) is 6.61 Å². The van der Waals surface area contributed by atoms with Gasteiger partial charge in [-0.1, -0.05) is 42.5 Å². The quantitative estimate of drug-likeness (QED) is 0.184. The predicted molar refractivity (Wildman–Crippen MR) is 163 cm³/mol. The molecule has 43 heavy (non-hydrogen) atoms. The van der Waals surface area contributed by atoms with E-state index in [0.29, 0.717) is 41.4 Å². The van der Waals surface area contributed by atoms with Crippen LogP contribution in [0.5, 0.6) is 5.75 Å². The van der Waals surface area contributed by atoms with Crippen molar-refractivity contribution in [3.63, 3.8) is 0 Å². The van der Waals surface area contributed by atoms with Crippen LogP contribution in [0.1, 0.15) is 45.3 Å². The largest absolute Gasteiger partial charge is 0.489 e. The Bertz CT molecular complexity index is 1820. The topological polar surface area (TPSA) is 128 Å². The number of carbonyl (C=O) groups excluding carboxylic acids is 2. The highest BCUT2D eigenvalue weighted by Gasteiger charge is 2.16. The first kappa shape index (κ1) is 29.1. The third kappa shape index (κ3) is 7.10. The van der Waals surface area contributed by atoms with Crippen LogP contribution in [-0.2, 0) is 35.6 Å². The predicted octanol–water partition coefficient (Wildman–Crippen LogP) is 6.04. The minimum Gasteiger partial charge on any atom is -0.489 e. The highest BCUT2D eigenvalue weighted by Crippen LogP contribution is 2.34. The van der Waals surface area contributed by atoms with Crippen LogP contribution in [0.15, 0.2) is 95.4 Å². The third-order valence-electron chi connectivity index (χ3n) is 6.88. The maximum atomic E-state index is 12.7. The number of nitrogens with one attached hydrogen (secondary N) is 1. The van der Waals surface area contributed by atoms with Crippen LogP contribution in [-0.4, -0.2) is 18.5 Å². The monoisotopic (exact) mass is 573 g/mol. The number of para-hydroxylation sites is 1. The minimum absolute atomic E-state index is 0.123. The number of nitriles is 1. The smallest absolute Gasteiger partial charge is 0.310 e. The van der Waals surface area contributed by atoms with Gasteiger partial charge in [-0.2, -0.15) is 5.26 Å². The Morgan fingerprint density at radius 3 is 2.60 bits per heavy atom. The number of fused-ring (bicyclic) bond motifs is 1. The molecule has 0 aliphatic rings. The molecule has 1 aromatic heterocycles. The number of ether oxygens (including phenoxy) is 2. The van der Waals surface area contributed by atoms with E-state index in [0.717, 1.165) is 33.2 Å². The Labute approximate surface area is 249 Å². The van der Waals surface area contributed by atoms with Gasteiger partial charge in [0.25, 0.3) is 5.91 Å². The summed E-state index contributed by atoms with van der Waals surface area (Å²) in [5, 5.41) is 12.9. The SMILES string of the molecule is CCOC(=O)Cc1ccccc1OCc1cc(-c2cccc(CN)c2)c2oc(CNC(=O)c3cccc(C#N)c3)cc2c1. The molecule has 0 radical (unpaired) electrons. The van der Waals surface area contributed by atoms with E-state index < -0.39 is 0 Å². The number of nitrogens with two attached hydrogens (primary N) is 1. The van der Waals surface area contributed by atoms with Crippen LogP contribution in [0.3, 0.4) is 0 Å². The average molecular weight is 574 g/mol. The molecule has 5 aromatic rings. The van der Waals surface area contributed by atoms with Crippen LogP contribution in [0.2, 0.25) is 0 Å². The highest BCUT2D eigenvalue weighted by atomic mass is 16.5. The second kappa shape index (κ2) is 13.5. The molecule has 0 unspecified atom stereocenters. The molecule has 0 spiro atoms. The molecule has 216 valence electrons. The van der Waals surface area contributed by atoms with Crippen LogP contribution < -0.4 is 15.8 Å². The summed E-state index contributed by atoms with van der Waals surface area (Å²) in [5.74, 6) is 0.578. The van der Waals surface area contributed by atoms with E-state index in [9.17, 15) is 9.59 Å². The van der Waals surface area contributed by atoms with E-state index >= 15 is 0 Å². The Balaban J connectivity index is 1.43. The fourth-order valence-electron chi connectivity index (χ4n) is 4.84. The number of esters is 1. The van der Waals surface area contributed by atoms with E-state index in [4.69, 9.17) is 24.9 Å². The molecule has 0 aliphatic carbocycles. The average Bonchev–Trinajstić information content (AvgIpc) is 3.46. The fraction of sp³-hybridized carbons (Fsp3) is 0.171. The maximum Gasteiger partial charge on any atom is 0.310 e. The number of rotatable bonds is 11. The molecule has 8 nitrogen and oxygen atoms in total. The lowest BCUT2D eigenvalue weighted by atomic mass is 9.99. The summed E-state index contributed by atoms with van der Waals surface area (Å²) in [5.41, 5.74) is 11.9. The molecule has 0 saturated carbocycles. The molecule has 5 rings (SSSR count). The molecular weight excluding hydrogens is 542 g/mol. The van der Waals surface area contributed by atoms with Gasteiger partial charge in [-0.3, -0.25) is 9.59 Å². The Hall–Kier alpha value is -5.39. The molecule has 4 aromatic carbocycles. The lowest BCUT2D eigenvalue weighted by Crippen LogP contribution is -2.22. The van der Waals surface area contributed by atoms with Crippen LogP contribution in [0.4, 0.5) is 0 Å². The number of furan rings is 1. The summed E-state index contributed by atoms with van der Waals surface area (Å²) >= 11 is 0. The number of benzene rings is 4. The van der Waals surface area contributed by atoms with Crippen molar-refractivity contribution >= 4 is 22.8 Å². The van der Waals surface area contributed by atoms with E-state index in [2.05, 4.69) is 5.32 Å². The molecule has 3 N–H and O–H groups in total. The van der Waals surface area contributed by atoms with Gasteiger partial charge in [-0.05, 0) is 72.1 Å². The number of hydrogen-bond acceptors (Lipinski definition) is 7. The molecule has 1 amide bonds. The molecule has 1 heterocycles. The van der Waals surface area contributed by atoms with E-state index in [1.54, 1.807) is 31.2 Å². The van der Waals surface area contributed by atoms with Crippen molar-refractivity contribution in [3.05, 3.63) is 125 Å². The number of nitrogens with zero attached hydrogens (tertiary/aromatic N) is 1. The van der Waals surface area contributed by atoms with Crippen LogP contribution in [0.25, 0.3) is 22.1 Å². The van der Waals surface area contributed by atoms with Crippen molar-refractivity contribution < 1.29 is 23.5 Å². The lowest BCUT2D eigenvalue weighted by Gasteiger charge is -2.13. The highest BCUT2D eigenvalue weighted by molar-refractivity contribution is 5.95. The van der Waals surface area contributed by atoms with Crippen molar-refractivity contribution in [3.8, 4) is 22.9 Å². The molecule has 8 heteroatoms. The Kier molecular flexibility index (Phi) is 9.15. The molecule has 0 fully saturated rings. The van der Waals surface area contributed by atoms with Crippen LogP contribution in [0, 0.1) is 11.3 Å². The van der Waals surface area contributed by atoms with Gasteiger partial charge in [0.2, 0.25) is 0 Å². The van der Waals surface area contributed by atoms with E-state index in [-0.39, 0.29) is 31.4 Å². The number of hydrogen-bond donors (Lipinski definition) is 2. The van der Waals surface area contributed by atoms with Crippen molar-refractivity contribution in [1.29, 1.82) is 5.26 Å².